The molecule has 10 nitrogen and oxygen atoms in total. The number of methoxy groups -OCH3 is 1. The molecule has 0 aliphatic heterocycles. The van der Waals surface area contributed by atoms with Crippen molar-refractivity contribution in [1.82, 2.24) is 15.6 Å². The number of hydrogen-bond acceptors (Lipinski definition) is 8. The number of carbonyl (C=O) groups excluding carboxylic acids is 3. The van der Waals surface area contributed by atoms with E-state index in [2.05, 4.69) is 20.4 Å². The van der Waals surface area contributed by atoms with Crippen LogP contribution < -0.4 is 10.6 Å². The van der Waals surface area contributed by atoms with Gasteiger partial charge in [0.2, 0.25) is 11.7 Å². The van der Waals surface area contributed by atoms with Crippen LogP contribution in [0.4, 0.5) is 4.79 Å². The number of Topliss-reactive ketones (excluding diaryl/α,β-unsaturated/α-hetero) is 1. The van der Waals surface area contributed by atoms with Crippen LogP contribution >= 0.6 is 0 Å². The Morgan fingerprint density at radius 2 is 1.69 bits per heavy atom. The van der Waals surface area contributed by atoms with Crippen molar-refractivity contribution in [3.8, 4) is 0 Å². The zero-order valence-corrected chi connectivity index (χ0v) is 20.2. The molecule has 0 spiro atoms. The molecule has 0 aliphatic carbocycles. The Morgan fingerprint density at radius 1 is 1.00 bits per heavy atom. The average Bonchev–Trinajstić information content (AvgIpc) is 3.27. The molecular weight excluding hydrogens is 474 g/mol. The molecular formula is C24H27N3O7S. The number of para-hydroxylation sites is 2. The van der Waals surface area contributed by atoms with Gasteiger partial charge in [-0.3, -0.25) is 9.59 Å². The number of aromatic nitrogens is 1. The number of fused-ring (bicyclic) bond motifs is 1. The average molecular weight is 502 g/mol. The Bertz CT molecular complexity index is 1260. The summed E-state index contributed by atoms with van der Waals surface area (Å²) in [6.07, 6.45) is -0.180. The Labute approximate surface area is 203 Å². The molecule has 3 aromatic rings. The third-order valence-electron chi connectivity index (χ3n) is 5.16. The van der Waals surface area contributed by atoms with E-state index in [9.17, 15) is 22.8 Å². The summed E-state index contributed by atoms with van der Waals surface area (Å²) >= 11 is 0. The lowest BCUT2D eigenvalue weighted by Gasteiger charge is -2.21. The van der Waals surface area contributed by atoms with Crippen LogP contribution in [0, 0.1) is 0 Å². The molecule has 0 saturated carbocycles. The third-order valence-corrected chi connectivity index (χ3v) is 6.77. The smallest absolute Gasteiger partial charge is 0.407 e. The summed E-state index contributed by atoms with van der Waals surface area (Å²) in [5, 5.41) is 4.81. The molecule has 35 heavy (non-hydrogen) atoms. The van der Waals surface area contributed by atoms with Crippen molar-refractivity contribution in [2.75, 3.05) is 12.9 Å². The molecule has 0 radical (unpaired) electrons. The molecule has 3 rings (SSSR count). The fourth-order valence-electron chi connectivity index (χ4n) is 3.48. The van der Waals surface area contributed by atoms with Crippen molar-refractivity contribution < 1.29 is 32.0 Å². The molecule has 2 aromatic carbocycles. The molecule has 0 unspecified atom stereocenters. The number of nitrogens with zero attached hydrogens (tertiary/aromatic N) is 1. The first-order valence-electron chi connectivity index (χ1n) is 11.0. The second kappa shape index (κ2) is 11.6. The van der Waals surface area contributed by atoms with Gasteiger partial charge in [0.05, 0.1) is 24.7 Å². The third kappa shape index (κ3) is 7.12. The number of ketones is 1. The summed E-state index contributed by atoms with van der Waals surface area (Å²) in [6, 6.07) is 12.8. The van der Waals surface area contributed by atoms with Gasteiger partial charge in [0.1, 0.15) is 11.6 Å². The summed E-state index contributed by atoms with van der Waals surface area (Å²) in [4.78, 5) is 42.2. The molecule has 0 fully saturated rings. The van der Waals surface area contributed by atoms with Gasteiger partial charge in [-0.25, -0.2) is 18.2 Å². The van der Waals surface area contributed by atoms with E-state index in [1.807, 2.05) is 6.92 Å². The second-order valence-electron chi connectivity index (χ2n) is 7.93. The first-order chi connectivity index (χ1) is 16.7. The van der Waals surface area contributed by atoms with Crippen LogP contribution in [0.5, 0.6) is 0 Å². The number of hydrogen-bond donors (Lipinski definition) is 2. The zero-order valence-electron chi connectivity index (χ0n) is 19.4. The van der Waals surface area contributed by atoms with Crippen molar-refractivity contribution in [3.63, 3.8) is 0 Å². The zero-order chi connectivity index (χ0) is 25.4. The minimum atomic E-state index is -3.82. The van der Waals surface area contributed by atoms with E-state index in [0.717, 1.165) is 7.11 Å². The summed E-state index contributed by atoms with van der Waals surface area (Å²) in [7, 11) is -2.72. The van der Waals surface area contributed by atoms with Crippen LogP contribution in [0.2, 0.25) is 0 Å². The quantitative estimate of drug-likeness (QED) is 0.382. The molecule has 1 heterocycles. The maximum absolute atomic E-state index is 13.1. The number of ether oxygens (including phenoxy) is 1. The molecule has 2 amide bonds. The van der Waals surface area contributed by atoms with Crippen LogP contribution in [0.15, 0.2) is 59.0 Å². The fourth-order valence-corrected chi connectivity index (χ4v) is 5.04. The summed E-state index contributed by atoms with van der Waals surface area (Å²) < 4.78 is 35.7. The Hall–Kier alpha value is -3.73. The molecule has 2 atom stereocenters. The molecule has 1 aromatic heterocycles. The normalized spacial score (nSPS) is 13.1. The number of sulfone groups is 1. The Kier molecular flexibility index (Phi) is 8.58. The summed E-state index contributed by atoms with van der Waals surface area (Å²) in [5.74, 6) is -2.56. The minimum absolute atomic E-state index is 0.167. The number of rotatable bonds is 11. The van der Waals surface area contributed by atoms with Gasteiger partial charge in [0, 0.05) is 0 Å². The number of benzene rings is 2. The van der Waals surface area contributed by atoms with Gasteiger partial charge in [-0.05, 0) is 24.1 Å². The first kappa shape index (κ1) is 25.9. The van der Waals surface area contributed by atoms with Gasteiger partial charge in [0.25, 0.3) is 5.89 Å². The van der Waals surface area contributed by atoms with Gasteiger partial charge < -0.3 is 19.8 Å². The van der Waals surface area contributed by atoms with Crippen molar-refractivity contribution in [3.05, 3.63) is 66.1 Å². The number of alkyl carbamates (subject to hydrolysis) is 1. The van der Waals surface area contributed by atoms with Crippen molar-refractivity contribution in [2.45, 2.75) is 37.6 Å². The van der Waals surface area contributed by atoms with Crippen molar-refractivity contribution in [2.24, 2.45) is 0 Å². The van der Waals surface area contributed by atoms with E-state index in [1.165, 1.54) is 0 Å². The van der Waals surface area contributed by atoms with Crippen LogP contribution in [0.1, 0.15) is 36.0 Å². The van der Waals surface area contributed by atoms with E-state index in [-0.39, 0.29) is 18.1 Å². The monoisotopic (exact) mass is 501 g/mol. The fraction of sp³-hybridized carbons (Fsp3) is 0.333. The lowest BCUT2D eigenvalue weighted by atomic mass is 10.1. The molecule has 11 heteroatoms. The van der Waals surface area contributed by atoms with Gasteiger partial charge in [-0.2, -0.15) is 0 Å². The van der Waals surface area contributed by atoms with Crippen molar-refractivity contribution in [1.29, 1.82) is 0 Å². The van der Waals surface area contributed by atoms with Gasteiger partial charge >= 0.3 is 6.09 Å². The highest BCUT2D eigenvalue weighted by atomic mass is 32.2. The summed E-state index contributed by atoms with van der Waals surface area (Å²) in [6.45, 7) is 1.83. The van der Waals surface area contributed by atoms with Crippen LogP contribution in [-0.4, -0.2) is 56.1 Å². The van der Waals surface area contributed by atoms with Crippen LogP contribution in [0.3, 0.4) is 0 Å². The van der Waals surface area contributed by atoms with E-state index >= 15 is 0 Å². The Balaban J connectivity index is 1.79. The van der Waals surface area contributed by atoms with E-state index < -0.39 is 45.5 Å². The summed E-state index contributed by atoms with van der Waals surface area (Å²) in [5.41, 5.74) is 1.46. The van der Waals surface area contributed by atoms with Gasteiger partial charge in [-0.1, -0.05) is 55.8 Å². The predicted molar refractivity (Wildman–Crippen MR) is 128 cm³/mol. The van der Waals surface area contributed by atoms with Crippen LogP contribution in [0.25, 0.3) is 11.1 Å². The predicted octanol–water partition coefficient (Wildman–Crippen LogP) is 2.64. The van der Waals surface area contributed by atoms with E-state index in [0.29, 0.717) is 23.1 Å². The largest absolute Gasteiger partial charge is 0.453 e. The highest BCUT2D eigenvalue weighted by molar-refractivity contribution is 7.90. The van der Waals surface area contributed by atoms with E-state index in [4.69, 9.17) is 4.42 Å². The number of amides is 2. The molecule has 186 valence electrons. The lowest BCUT2D eigenvalue weighted by molar-refractivity contribution is -0.123. The highest BCUT2D eigenvalue weighted by Gasteiger charge is 2.32. The number of oxazole rings is 1. The van der Waals surface area contributed by atoms with Gasteiger partial charge in [0.15, 0.2) is 15.4 Å². The number of nitrogens with one attached hydrogen (secondary N) is 2. The van der Waals surface area contributed by atoms with Crippen molar-refractivity contribution >= 4 is 38.7 Å². The molecule has 0 aliphatic rings. The minimum Gasteiger partial charge on any atom is -0.453 e. The van der Waals surface area contributed by atoms with E-state index in [1.54, 1.807) is 54.6 Å². The van der Waals surface area contributed by atoms with Crippen LogP contribution in [-0.2, 0) is 25.1 Å². The first-order valence-corrected chi connectivity index (χ1v) is 12.8. The molecule has 2 N–H and O–H groups in total. The highest BCUT2D eigenvalue weighted by Crippen LogP contribution is 2.17. The number of carbonyl (C=O) groups is 3. The standard InChI is InChI=1S/C24H27N3O7S/c1-3-9-18(21(28)23-26-17-12-7-8-13-20(17)34-23)25-22(29)19(27-24(30)33-2)15-35(31,32)14-16-10-5-4-6-11-16/h4-8,10-13,18-19H,3,9,14-15H2,1-2H3,(H,25,29)(H,27,30)/t18-,19-/m0/s1. The topological polar surface area (TPSA) is 145 Å². The maximum atomic E-state index is 13.1. The maximum Gasteiger partial charge on any atom is 0.407 e. The SMILES string of the molecule is CCC[C@H](NC(=O)[C@H](CS(=O)(=O)Cc1ccccc1)NC(=O)OC)C(=O)c1nc2ccccc2o1. The molecule has 0 saturated heterocycles. The van der Waals surface area contributed by atoms with Gasteiger partial charge in [-0.15, -0.1) is 0 Å². The Morgan fingerprint density at radius 3 is 2.34 bits per heavy atom. The lowest BCUT2D eigenvalue weighted by Crippen LogP contribution is -2.54. The molecule has 0 bridgehead atoms. The second-order valence-corrected chi connectivity index (χ2v) is 10.0.